The van der Waals surface area contributed by atoms with Crippen molar-refractivity contribution in [1.29, 1.82) is 0 Å². The van der Waals surface area contributed by atoms with E-state index in [1.165, 1.54) is 5.56 Å². The molecule has 1 aromatic carbocycles. The van der Waals surface area contributed by atoms with Gasteiger partial charge >= 0.3 is 0 Å². The minimum absolute atomic E-state index is 0.142. The summed E-state index contributed by atoms with van der Waals surface area (Å²) in [4.78, 5) is 20.2. The number of aromatic nitrogens is 2. The second kappa shape index (κ2) is 7.11. The van der Waals surface area contributed by atoms with Crippen LogP contribution in [0.4, 0.5) is 0 Å². The number of benzene rings is 1. The Morgan fingerprint density at radius 2 is 1.92 bits per heavy atom. The zero-order chi connectivity index (χ0) is 17.1. The van der Waals surface area contributed by atoms with Crippen molar-refractivity contribution in [1.82, 2.24) is 19.9 Å². The zero-order valence-corrected chi connectivity index (χ0v) is 14.1. The third-order valence-corrected chi connectivity index (χ3v) is 4.50. The second-order valence-electron chi connectivity index (χ2n) is 6.23. The maximum absolute atomic E-state index is 11.1. The van der Waals surface area contributed by atoms with Gasteiger partial charge in [0.1, 0.15) is 0 Å². The Balaban J connectivity index is 1.52. The Kier molecular flexibility index (Phi) is 4.92. The van der Waals surface area contributed by atoms with Crippen molar-refractivity contribution >= 4 is 5.91 Å². The number of carbonyl (C=O) groups is 1. The topological polar surface area (TPSA) is 88.5 Å². The first-order chi connectivity index (χ1) is 11.5. The molecule has 0 spiro atoms. The van der Waals surface area contributed by atoms with Gasteiger partial charge in [0, 0.05) is 38.3 Å². The Morgan fingerprint density at radius 1 is 1.25 bits per heavy atom. The minimum Gasteiger partial charge on any atom is -0.366 e. The lowest BCUT2D eigenvalue weighted by atomic mass is 10.1. The summed E-state index contributed by atoms with van der Waals surface area (Å²) < 4.78 is 5.28. The number of hydrogen-bond donors (Lipinski definition) is 1. The van der Waals surface area contributed by atoms with E-state index in [2.05, 4.69) is 26.9 Å². The average Bonchev–Trinajstić information content (AvgIpc) is 3.02. The van der Waals surface area contributed by atoms with Gasteiger partial charge in [-0.25, -0.2) is 0 Å². The Hall–Kier alpha value is -2.25. The minimum atomic E-state index is -0.389. The summed E-state index contributed by atoms with van der Waals surface area (Å²) in [6.45, 7) is 8.70. The molecule has 1 aromatic heterocycles. The van der Waals surface area contributed by atoms with Crippen LogP contribution in [0.5, 0.6) is 0 Å². The van der Waals surface area contributed by atoms with E-state index in [1.54, 1.807) is 12.1 Å². The average molecular weight is 329 g/mol. The predicted molar refractivity (Wildman–Crippen MR) is 89.3 cm³/mol. The molecule has 1 aliphatic heterocycles. The van der Waals surface area contributed by atoms with Gasteiger partial charge in [0.05, 0.1) is 6.04 Å². The molecule has 0 aliphatic carbocycles. The molecule has 7 heteroatoms. The van der Waals surface area contributed by atoms with Gasteiger partial charge in [-0.3, -0.25) is 14.6 Å². The number of rotatable bonds is 5. The van der Waals surface area contributed by atoms with Crippen molar-refractivity contribution in [3.63, 3.8) is 0 Å². The summed E-state index contributed by atoms with van der Waals surface area (Å²) in [5.74, 6) is 0.971. The number of carbonyl (C=O) groups excluding carboxylic acids is 1. The van der Waals surface area contributed by atoms with Gasteiger partial charge in [0.2, 0.25) is 11.8 Å². The van der Waals surface area contributed by atoms with Crippen LogP contribution in [0.25, 0.3) is 0 Å². The summed E-state index contributed by atoms with van der Waals surface area (Å²) >= 11 is 0. The number of hydrogen-bond acceptors (Lipinski definition) is 6. The molecule has 2 aromatic rings. The van der Waals surface area contributed by atoms with Crippen molar-refractivity contribution < 1.29 is 9.32 Å². The lowest BCUT2D eigenvalue weighted by molar-refractivity contribution is 0.0845. The van der Waals surface area contributed by atoms with Gasteiger partial charge in [-0.1, -0.05) is 17.3 Å². The molecule has 0 unspecified atom stereocenters. The molecule has 2 N–H and O–H groups in total. The summed E-state index contributed by atoms with van der Waals surface area (Å²) in [6.07, 6.45) is 0. The van der Waals surface area contributed by atoms with Crippen LogP contribution in [0, 0.1) is 6.92 Å². The lowest BCUT2D eigenvalue weighted by Gasteiger charge is -2.36. The van der Waals surface area contributed by atoms with Crippen molar-refractivity contribution in [2.45, 2.75) is 26.4 Å². The molecule has 1 amide bonds. The van der Waals surface area contributed by atoms with E-state index >= 15 is 0 Å². The predicted octanol–water partition coefficient (Wildman–Crippen LogP) is 1.36. The standard InChI is InChI=1S/C17H23N5O2/c1-12(17-19-13(2)20-24-17)22-9-7-21(8-10-22)11-14-3-5-15(6-4-14)16(18)23/h3-6,12H,7-11H2,1-2H3,(H2,18,23)/t12-/m0/s1. The van der Waals surface area contributed by atoms with Crippen LogP contribution in [0.3, 0.4) is 0 Å². The van der Waals surface area contributed by atoms with Crippen LogP contribution in [-0.4, -0.2) is 52.0 Å². The van der Waals surface area contributed by atoms with E-state index in [0.29, 0.717) is 17.3 Å². The number of amides is 1. The smallest absolute Gasteiger partial charge is 0.248 e. The molecule has 7 nitrogen and oxygen atoms in total. The fraction of sp³-hybridized carbons (Fsp3) is 0.471. The Labute approximate surface area is 141 Å². The third-order valence-electron chi connectivity index (χ3n) is 4.50. The normalized spacial score (nSPS) is 17.8. The van der Waals surface area contributed by atoms with Crippen LogP contribution in [-0.2, 0) is 6.54 Å². The largest absolute Gasteiger partial charge is 0.366 e. The third kappa shape index (κ3) is 3.80. The molecule has 1 atom stereocenters. The molecular weight excluding hydrogens is 306 g/mol. The fourth-order valence-corrected chi connectivity index (χ4v) is 2.98. The quantitative estimate of drug-likeness (QED) is 0.891. The van der Waals surface area contributed by atoms with Crippen LogP contribution < -0.4 is 5.73 Å². The number of nitrogens with two attached hydrogens (primary N) is 1. The van der Waals surface area contributed by atoms with E-state index in [9.17, 15) is 4.79 Å². The molecule has 1 saturated heterocycles. The zero-order valence-electron chi connectivity index (χ0n) is 14.1. The first-order valence-electron chi connectivity index (χ1n) is 8.18. The molecule has 24 heavy (non-hydrogen) atoms. The van der Waals surface area contributed by atoms with Gasteiger partial charge in [0.15, 0.2) is 5.82 Å². The first kappa shape index (κ1) is 16.6. The van der Waals surface area contributed by atoms with E-state index in [1.807, 2.05) is 19.1 Å². The highest BCUT2D eigenvalue weighted by Crippen LogP contribution is 2.20. The van der Waals surface area contributed by atoms with Crippen LogP contribution in [0.2, 0.25) is 0 Å². The maximum atomic E-state index is 11.1. The molecule has 128 valence electrons. The number of nitrogens with zero attached hydrogens (tertiary/aromatic N) is 4. The van der Waals surface area contributed by atoms with Crippen molar-refractivity contribution in [2.24, 2.45) is 5.73 Å². The van der Waals surface area contributed by atoms with Crippen molar-refractivity contribution in [3.05, 3.63) is 47.1 Å². The van der Waals surface area contributed by atoms with E-state index in [4.69, 9.17) is 10.3 Å². The molecule has 3 rings (SSSR count). The number of piperazine rings is 1. The maximum Gasteiger partial charge on any atom is 0.248 e. The van der Waals surface area contributed by atoms with E-state index < -0.39 is 0 Å². The Bertz CT molecular complexity index is 689. The SMILES string of the molecule is Cc1noc([C@H](C)N2CCN(Cc3ccc(C(N)=O)cc3)CC2)n1. The van der Waals surface area contributed by atoms with Gasteiger partial charge in [-0.15, -0.1) is 0 Å². The van der Waals surface area contributed by atoms with Gasteiger partial charge in [0.25, 0.3) is 0 Å². The lowest BCUT2D eigenvalue weighted by Crippen LogP contribution is -2.46. The second-order valence-corrected chi connectivity index (χ2v) is 6.23. The van der Waals surface area contributed by atoms with Crippen molar-refractivity contribution in [3.8, 4) is 0 Å². The van der Waals surface area contributed by atoms with Crippen LogP contribution in [0.15, 0.2) is 28.8 Å². The molecule has 0 bridgehead atoms. The summed E-state index contributed by atoms with van der Waals surface area (Å²) in [5.41, 5.74) is 7.01. The highest BCUT2D eigenvalue weighted by atomic mass is 16.5. The Morgan fingerprint density at radius 3 is 2.46 bits per heavy atom. The van der Waals surface area contributed by atoms with Gasteiger partial charge < -0.3 is 10.3 Å². The van der Waals surface area contributed by atoms with E-state index in [0.717, 1.165) is 32.7 Å². The first-order valence-corrected chi connectivity index (χ1v) is 8.18. The molecule has 1 aliphatic rings. The highest BCUT2D eigenvalue weighted by Gasteiger charge is 2.25. The molecule has 0 saturated carbocycles. The molecule has 1 fully saturated rings. The monoisotopic (exact) mass is 329 g/mol. The molecular formula is C17H23N5O2. The fourth-order valence-electron chi connectivity index (χ4n) is 2.98. The summed E-state index contributed by atoms with van der Waals surface area (Å²) in [7, 11) is 0. The van der Waals surface area contributed by atoms with Gasteiger partial charge in [-0.2, -0.15) is 4.98 Å². The van der Waals surface area contributed by atoms with Crippen molar-refractivity contribution in [2.75, 3.05) is 26.2 Å². The molecule has 2 heterocycles. The van der Waals surface area contributed by atoms with Crippen LogP contribution >= 0.6 is 0 Å². The van der Waals surface area contributed by atoms with Gasteiger partial charge in [-0.05, 0) is 31.5 Å². The number of primary amides is 1. The van der Waals surface area contributed by atoms with Crippen LogP contribution in [0.1, 0.15) is 40.6 Å². The molecule has 0 radical (unpaired) electrons. The highest BCUT2D eigenvalue weighted by molar-refractivity contribution is 5.92. The van der Waals surface area contributed by atoms with E-state index in [-0.39, 0.29) is 11.9 Å². The summed E-state index contributed by atoms with van der Waals surface area (Å²) in [6, 6.07) is 7.65. The summed E-state index contributed by atoms with van der Waals surface area (Å²) in [5, 5.41) is 3.87. The number of aryl methyl sites for hydroxylation is 1.